The van der Waals surface area contributed by atoms with Crippen molar-refractivity contribution >= 4 is 23.5 Å². The van der Waals surface area contributed by atoms with Crippen molar-refractivity contribution in [3.8, 4) is 5.75 Å². The lowest BCUT2D eigenvalue weighted by atomic mass is 9.89. The molecule has 3 aliphatic rings. The number of carbonyl (C=O) groups excluding carboxylic acids is 2. The Kier molecular flexibility index (Phi) is 9.01. The molecule has 2 N–H and O–H groups in total. The van der Waals surface area contributed by atoms with Crippen molar-refractivity contribution in [1.82, 2.24) is 15.1 Å². The first-order valence-electron chi connectivity index (χ1n) is 13.4. The van der Waals surface area contributed by atoms with E-state index in [2.05, 4.69) is 17.2 Å². The molecule has 0 radical (unpaired) electrons. The number of rotatable bonds is 12. The molecule has 0 bridgehead atoms. The third-order valence-electron chi connectivity index (χ3n) is 7.46. The van der Waals surface area contributed by atoms with Crippen LogP contribution in [0.15, 0.2) is 23.2 Å². The number of benzene rings is 1. The Balaban J connectivity index is 1.14. The van der Waals surface area contributed by atoms with Crippen molar-refractivity contribution in [3.63, 3.8) is 0 Å². The normalized spacial score (nSPS) is 19.6. The fourth-order valence-electron chi connectivity index (χ4n) is 5.42. The first kappa shape index (κ1) is 25.5. The Hall–Kier alpha value is -2.61. The second-order valence-electron chi connectivity index (χ2n) is 10.1. The fraction of sp³-hybridized carbons (Fsp3) is 0.667. The number of ether oxygens (including phenoxy) is 1. The zero-order chi connectivity index (χ0) is 24.6. The molecule has 1 atom stereocenters. The van der Waals surface area contributed by atoms with E-state index in [0.717, 1.165) is 49.2 Å². The van der Waals surface area contributed by atoms with Gasteiger partial charge in [0.15, 0.2) is 0 Å². The lowest BCUT2D eigenvalue weighted by Crippen LogP contribution is -2.37. The lowest BCUT2D eigenvalue weighted by Gasteiger charge is -2.30. The van der Waals surface area contributed by atoms with Gasteiger partial charge < -0.3 is 19.6 Å². The highest BCUT2D eigenvalue weighted by Gasteiger charge is 2.34. The van der Waals surface area contributed by atoms with Gasteiger partial charge in [-0.15, -0.1) is 0 Å². The molecule has 8 nitrogen and oxygen atoms in total. The third-order valence-corrected chi connectivity index (χ3v) is 7.46. The van der Waals surface area contributed by atoms with Crippen LogP contribution in [0, 0.1) is 5.92 Å². The number of carbonyl (C=O) groups is 2. The summed E-state index contributed by atoms with van der Waals surface area (Å²) in [6.07, 6.45) is 10.7. The fourth-order valence-corrected chi connectivity index (χ4v) is 5.42. The molecule has 2 amide bonds. The smallest absolute Gasteiger partial charge is 0.246 e. The van der Waals surface area contributed by atoms with Gasteiger partial charge in [0.2, 0.25) is 17.8 Å². The second kappa shape index (κ2) is 12.4. The van der Waals surface area contributed by atoms with Crippen LogP contribution >= 0.6 is 0 Å². The van der Waals surface area contributed by atoms with Crippen LogP contribution in [0.1, 0.15) is 82.7 Å². The van der Waals surface area contributed by atoms with Crippen LogP contribution in [-0.4, -0.2) is 65.5 Å². The van der Waals surface area contributed by atoms with Gasteiger partial charge in [0.1, 0.15) is 12.3 Å². The van der Waals surface area contributed by atoms with Crippen molar-refractivity contribution in [1.29, 1.82) is 0 Å². The maximum absolute atomic E-state index is 12.7. The van der Waals surface area contributed by atoms with Gasteiger partial charge in [0, 0.05) is 25.1 Å². The molecule has 2 heterocycles. The average Bonchev–Trinajstić information content (AvgIpc) is 3.24. The first-order chi connectivity index (χ1) is 17.0. The number of hydrogen-bond acceptors (Lipinski definition) is 6. The summed E-state index contributed by atoms with van der Waals surface area (Å²) in [6.45, 7) is 4.36. The van der Waals surface area contributed by atoms with E-state index in [4.69, 9.17) is 4.74 Å². The molecule has 2 aliphatic heterocycles. The van der Waals surface area contributed by atoms with Crippen molar-refractivity contribution in [2.75, 3.05) is 32.8 Å². The SMILES string of the molecule is CC1c2cc(OCCCCCCC(=O)N(CCO)CC3CCCCC3)ccc2N=C2NC(=O)CN21. The molecule has 8 heteroatoms. The summed E-state index contributed by atoms with van der Waals surface area (Å²) in [5, 5.41) is 12.2. The summed E-state index contributed by atoms with van der Waals surface area (Å²) in [6, 6.07) is 5.99. The van der Waals surface area contributed by atoms with E-state index in [1.54, 1.807) is 0 Å². The molecule has 1 aromatic carbocycles. The number of guanidine groups is 1. The van der Waals surface area contributed by atoms with Crippen LogP contribution < -0.4 is 10.1 Å². The zero-order valence-electron chi connectivity index (χ0n) is 21.0. The predicted molar refractivity (Wildman–Crippen MR) is 136 cm³/mol. The molecule has 2 fully saturated rings. The molecule has 4 rings (SSSR count). The quantitative estimate of drug-likeness (QED) is 0.439. The summed E-state index contributed by atoms with van der Waals surface area (Å²) in [5.74, 6) is 2.23. The van der Waals surface area contributed by atoms with E-state index < -0.39 is 0 Å². The molecule has 0 aromatic heterocycles. The van der Waals surface area contributed by atoms with Crippen LogP contribution in [0.2, 0.25) is 0 Å². The average molecular weight is 485 g/mol. The highest BCUT2D eigenvalue weighted by molar-refractivity contribution is 6.06. The number of aliphatic imine (C=N–C) groups is 1. The highest BCUT2D eigenvalue weighted by atomic mass is 16.5. The maximum atomic E-state index is 12.7. The van der Waals surface area contributed by atoms with Crippen LogP contribution in [0.4, 0.5) is 5.69 Å². The van der Waals surface area contributed by atoms with E-state index in [0.29, 0.717) is 38.0 Å². The molecule has 1 saturated carbocycles. The van der Waals surface area contributed by atoms with Crippen molar-refractivity contribution in [3.05, 3.63) is 23.8 Å². The minimum Gasteiger partial charge on any atom is -0.494 e. The summed E-state index contributed by atoms with van der Waals surface area (Å²) in [4.78, 5) is 32.8. The molecule has 1 aliphatic carbocycles. The molecule has 0 spiro atoms. The van der Waals surface area contributed by atoms with Gasteiger partial charge in [-0.05, 0) is 56.7 Å². The van der Waals surface area contributed by atoms with E-state index in [1.807, 2.05) is 28.0 Å². The largest absolute Gasteiger partial charge is 0.494 e. The predicted octanol–water partition coefficient (Wildman–Crippen LogP) is 3.91. The van der Waals surface area contributed by atoms with Crippen molar-refractivity contribution in [2.24, 2.45) is 10.9 Å². The third kappa shape index (κ3) is 6.75. The standard InChI is InChI=1S/C27H40N4O4/c1-20-23-17-22(12-13-24(23)28-27-29-25(33)19-31(20)27)35-16-8-3-2-7-11-26(34)30(14-15-32)18-21-9-5-4-6-10-21/h12-13,17,20-21,32H,2-11,14-16,18-19H2,1H3,(H,28,29,33). The van der Waals surface area contributed by atoms with E-state index >= 15 is 0 Å². The molecule has 1 unspecified atom stereocenters. The first-order valence-corrected chi connectivity index (χ1v) is 13.4. The van der Waals surface area contributed by atoms with Gasteiger partial charge >= 0.3 is 0 Å². The van der Waals surface area contributed by atoms with Gasteiger partial charge in [0.05, 0.1) is 24.9 Å². The number of nitrogens with zero attached hydrogens (tertiary/aromatic N) is 3. The Morgan fingerprint density at radius 3 is 2.80 bits per heavy atom. The minimum absolute atomic E-state index is 0.0214. The minimum atomic E-state index is -0.0214. The number of fused-ring (bicyclic) bond motifs is 2. The van der Waals surface area contributed by atoms with Gasteiger partial charge in [-0.1, -0.05) is 32.1 Å². The molecule has 1 saturated heterocycles. The van der Waals surface area contributed by atoms with Crippen molar-refractivity contribution < 1.29 is 19.4 Å². The van der Waals surface area contributed by atoms with E-state index in [-0.39, 0.29) is 24.5 Å². The highest BCUT2D eigenvalue weighted by Crippen LogP contribution is 2.37. The van der Waals surface area contributed by atoms with Gasteiger partial charge in [-0.25, -0.2) is 4.99 Å². The number of amides is 2. The number of nitrogens with one attached hydrogen (secondary N) is 1. The van der Waals surface area contributed by atoms with Gasteiger partial charge in [0.25, 0.3) is 0 Å². The van der Waals surface area contributed by atoms with E-state index in [1.165, 1.54) is 32.1 Å². The number of unbranched alkanes of at least 4 members (excludes halogenated alkanes) is 3. The summed E-state index contributed by atoms with van der Waals surface area (Å²) < 4.78 is 5.98. The molecule has 1 aromatic rings. The Bertz CT molecular complexity index is 912. The Morgan fingerprint density at radius 2 is 2.00 bits per heavy atom. The molecule has 35 heavy (non-hydrogen) atoms. The maximum Gasteiger partial charge on any atom is 0.246 e. The topological polar surface area (TPSA) is 94.5 Å². The summed E-state index contributed by atoms with van der Waals surface area (Å²) >= 11 is 0. The lowest BCUT2D eigenvalue weighted by molar-refractivity contribution is -0.132. The Morgan fingerprint density at radius 1 is 1.20 bits per heavy atom. The number of hydrogen-bond donors (Lipinski definition) is 2. The van der Waals surface area contributed by atoms with Crippen LogP contribution in [-0.2, 0) is 9.59 Å². The molecular weight excluding hydrogens is 444 g/mol. The van der Waals surface area contributed by atoms with Crippen molar-refractivity contribution in [2.45, 2.75) is 77.2 Å². The van der Waals surface area contributed by atoms with Crippen LogP contribution in [0.3, 0.4) is 0 Å². The Labute approximate surface area is 208 Å². The number of aliphatic hydroxyl groups excluding tert-OH is 1. The second-order valence-corrected chi connectivity index (χ2v) is 10.1. The van der Waals surface area contributed by atoms with E-state index in [9.17, 15) is 14.7 Å². The molecular formula is C27H40N4O4. The monoisotopic (exact) mass is 484 g/mol. The van der Waals surface area contributed by atoms with Gasteiger partial charge in [-0.3, -0.25) is 14.9 Å². The molecule has 192 valence electrons. The summed E-state index contributed by atoms with van der Waals surface area (Å²) in [7, 11) is 0. The number of aliphatic hydroxyl groups is 1. The van der Waals surface area contributed by atoms with Crippen LogP contribution in [0.25, 0.3) is 0 Å². The van der Waals surface area contributed by atoms with Gasteiger partial charge in [-0.2, -0.15) is 0 Å². The zero-order valence-corrected chi connectivity index (χ0v) is 21.0. The van der Waals surface area contributed by atoms with Crippen LogP contribution in [0.5, 0.6) is 5.75 Å². The summed E-state index contributed by atoms with van der Waals surface area (Å²) in [5.41, 5.74) is 1.95.